The average Bonchev–Trinajstić information content (AvgIpc) is 2.29. The van der Waals surface area contributed by atoms with Crippen molar-refractivity contribution < 1.29 is 0 Å². The van der Waals surface area contributed by atoms with Crippen molar-refractivity contribution in [2.24, 2.45) is 16.6 Å². The third-order valence-electron chi connectivity index (χ3n) is 4.91. The molecule has 1 saturated carbocycles. The Morgan fingerprint density at radius 1 is 1.28 bits per heavy atom. The summed E-state index contributed by atoms with van der Waals surface area (Å²) >= 11 is 0. The lowest BCUT2D eigenvalue weighted by Gasteiger charge is -2.42. The molecule has 1 unspecified atom stereocenters. The molecule has 2 heteroatoms. The summed E-state index contributed by atoms with van der Waals surface area (Å²) in [6.45, 7) is 11.4. The van der Waals surface area contributed by atoms with E-state index in [9.17, 15) is 0 Å². The van der Waals surface area contributed by atoms with Crippen molar-refractivity contribution in [1.82, 2.24) is 4.90 Å². The smallest absolute Gasteiger partial charge is 0.00928 e. The van der Waals surface area contributed by atoms with Gasteiger partial charge in [-0.05, 0) is 56.5 Å². The van der Waals surface area contributed by atoms with Gasteiger partial charge >= 0.3 is 0 Å². The highest BCUT2D eigenvalue weighted by Gasteiger charge is 2.31. The van der Waals surface area contributed by atoms with Gasteiger partial charge in [-0.25, -0.2) is 0 Å². The topological polar surface area (TPSA) is 29.3 Å². The predicted octanol–water partition coefficient (Wildman–Crippen LogP) is 3.65. The minimum absolute atomic E-state index is 0.302. The molecule has 1 atom stereocenters. The molecule has 18 heavy (non-hydrogen) atoms. The maximum absolute atomic E-state index is 5.99. The molecular formula is C16H34N2. The van der Waals surface area contributed by atoms with Crippen molar-refractivity contribution in [2.45, 2.75) is 72.3 Å². The fraction of sp³-hybridized carbons (Fsp3) is 1.00. The lowest BCUT2D eigenvalue weighted by Crippen LogP contribution is -2.45. The summed E-state index contributed by atoms with van der Waals surface area (Å²) in [5.41, 5.74) is 6.86. The summed E-state index contributed by atoms with van der Waals surface area (Å²) in [6.07, 6.45) is 7.93. The molecule has 2 N–H and O–H groups in total. The third kappa shape index (κ3) is 4.55. The lowest BCUT2D eigenvalue weighted by molar-refractivity contribution is 0.0884. The van der Waals surface area contributed by atoms with Gasteiger partial charge in [0.05, 0.1) is 0 Å². The Morgan fingerprint density at radius 3 is 2.28 bits per heavy atom. The number of hydrogen-bond donors (Lipinski definition) is 1. The fourth-order valence-corrected chi connectivity index (χ4v) is 3.41. The minimum Gasteiger partial charge on any atom is -0.330 e. The Bertz CT molecular complexity index is 239. The maximum Gasteiger partial charge on any atom is 0.00928 e. The van der Waals surface area contributed by atoms with Gasteiger partial charge < -0.3 is 10.6 Å². The van der Waals surface area contributed by atoms with Gasteiger partial charge in [-0.2, -0.15) is 0 Å². The largest absolute Gasteiger partial charge is 0.330 e. The van der Waals surface area contributed by atoms with Crippen LogP contribution in [0.4, 0.5) is 0 Å². The Labute approximate surface area is 114 Å². The van der Waals surface area contributed by atoms with E-state index in [-0.39, 0.29) is 0 Å². The molecule has 1 aliphatic rings. The Hall–Kier alpha value is -0.0800. The van der Waals surface area contributed by atoms with Gasteiger partial charge in [0, 0.05) is 12.6 Å². The standard InChI is InChI=1S/C16H34N2/c1-6-9-16(4,12-17)13-18(5)14-7-10-15(2,3)11-8-14/h14H,6-13,17H2,1-5H3. The number of nitrogens with two attached hydrogens (primary N) is 1. The molecule has 0 saturated heterocycles. The first kappa shape index (κ1) is 16.0. The highest BCUT2D eigenvalue weighted by molar-refractivity contribution is 4.86. The Morgan fingerprint density at radius 2 is 1.83 bits per heavy atom. The molecule has 1 aliphatic carbocycles. The summed E-state index contributed by atoms with van der Waals surface area (Å²) in [6, 6.07) is 0.778. The Balaban J connectivity index is 2.47. The van der Waals surface area contributed by atoms with Crippen LogP contribution in [0.25, 0.3) is 0 Å². The third-order valence-corrected chi connectivity index (χ3v) is 4.91. The maximum atomic E-state index is 5.99. The summed E-state index contributed by atoms with van der Waals surface area (Å²) in [7, 11) is 2.30. The van der Waals surface area contributed by atoms with Crippen LogP contribution in [0.5, 0.6) is 0 Å². The second-order valence-corrected chi connectivity index (χ2v) is 7.58. The van der Waals surface area contributed by atoms with Gasteiger partial charge in [0.2, 0.25) is 0 Å². The molecule has 0 heterocycles. The second kappa shape index (κ2) is 6.38. The van der Waals surface area contributed by atoms with Gasteiger partial charge in [-0.15, -0.1) is 0 Å². The Kier molecular flexibility index (Phi) is 5.67. The van der Waals surface area contributed by atoms with E-state index in [1.807, 2.05) is 0 Å². The normalized spacial score (nSPS) is 24.2. The minimum atomic E-state index is 0.302. The van der Waals surface area contributed by atoms with Crippen LogP contribution >= 0.6 is 0 Å². The molecule has 108 valence electrons. The summed E-state index contributed by atoms with van der Waals surface area (Å²) in [4.78, 5) is 2.58. The lowest BCUT2D eigenvalue weighted by atomic mass is 9.75. The molecule has 0 bridgehead atoms. The van der Waals surface area contributed by atoms with Gasteiger partial charge in [0.1, 0.15) is 0 Å². The van der Waals surface area contributed by atoms with Crippen LogP contribution in [0.2, 0.25) is 0 Å². The zero-order valence-corrected chi connectivity index (χ0v) is 13.3. The predicted molar refractivity (Wildman–Crippen MR) is 80.7 cm³/mol. The van der Waals surface area contributed by atoms with Crippen LogP contribution in [0, 0.1) is 10.8 Å². The van der Waals surface area contributed by atoms with Crippen LogP contribution in [-0.2, 0) is 0 Å². The van der Waals surface area contributed by atoms with E-state index >= 15 is 0 Å². The molecule has 0 amide bonds. The molecule has 0 aromatic heterocycles. The number of hydrogen-bond acceptors (Lipinski definition) is 2. The van der Waals surface area contributed by atoms with E-state index in [0.29, 0.717) is 10.8 Å². The zero-order chi connectivity index (χ0) is 13.8. The van der Waals surface area contributed by atoms with Crippen molar-refractivity contribution in [3.63, 3.8) is 0 Å². The monoisotopic (exact) mass is 254 g/mol. The van der Waals surface area contributed by atoms with Gasteiger partial charge in [-0.3, -0.25) is 0 Å². The molecule has 0 aromatic carbocycles. The van der Waals surface area contributed by atoms with E-state index in [2.05, 4.69) is 39.6 Å². The average molecular weight is 254 g/mol. The van der Waals surface area contributed by atoms with E-state index in [1.165, 1.54) is 38.5 Å². The number of nitrogens with zero attached hydrogens (tertiary/aromatic N) is 1. The van der Waals surface area contributed by atoms with Crippen LogP contribution in [0.15, 0.2) is 0 Å². The first-order chi connectivity index (χ1) is 8.32. The molecular weight excluding hydrogens is 220 g/mol. The van der Waals surface area contributed by atoms with E-state index in [4.69, 9.17) is 5.73 Å². The van der Waals surface area contributed by atoms with Crippen LogP contribution in [0.3, 0.4) is 0 Å². The highest BCUT2D eigenvalue weighted by atomic mass is 15.1. The van der Waals surface area contributed by atoms with Crippen molar-refractivity contribution in [2.75, 3.05) is 20.1 Å². The molecule has 0 spiro atoms. The molecule has 0 aromatic rings. The van der Waals surface area contributed by atoms with Crippen molar-refractivity contribution in [3.05, 3.63) is 0 Å². The molecule has 0 radical (unpaired) electrons. The van der Waals surface area contributed by atoms with Crippen LogP contribution in [0.1, 0.15) is 66.2 Å². The zero-order valence-electron chi connectivity index (χ0n) is 13.3. The van der Waals surface area contributed by atoms with E-state index < -0.39 is 0 Å². The van der Waals surface area contributed by atoms with Crippen LogP contribution < -0.4 is 5.73 Å². The van der Waals surface area contributed by atoms with Gasteiger partial charge in [0.25, 0.3) is 0 Å². The second-order valence-electron chi connectivity index (χ2n) is 7.58. The van der Waals surface area contributed by atoms with Gasteiger partial charge in [-0.1, -0.05) is 34.1 Å². The van der Waals surface area contributed by atoms with Crippen molar-refractivity contribution in [1.29, 1.82) is 0 Å². The molecule has 1 rings (SSSR count). The summed E-state index contributed by atoms with van der Waals surface area (Å²) in [5.74, 6) is 0. The van der Waals surface area contributed by atoms with E-state index in [0.717, 1.165) is 19.1 Å². The van der Waals surface area contributed by atoms with Crippen LogP contribution in [-0.4, -0.2) is 31.1 Å². The number of rotatable bonds is 6. The molecule has 0 aliphatic heterocycles. The van der Waals surface area contributed by atoms with Crippen molar-refractivity contribution in [3.8, 4) is 0 Å². The SMILES string of the molecule is CCCC(C)(CN)CN(C)C1CCC(C)(C)CC1. The van der Waals surface area contributed by atoms with E-state index in [1.54, 1.807) is 0 Å². The fourth-order valence-electron chi connectivity index (χ4n) is 3.41. The summed E-state index contributed by atoms with van der Waals surface area (Å²) in [5, 5.41) is 0. The summed E-state index contributed by atoms with van der Waals surface area (Å²) < 4.78 is 0. The molecule has 1 fully saturated rings. The van der Waals surface area contributed by atoms with Gasteiger partial charge in [0.15, 0.2) is 0 Å². The first-order valence-electron chi connectivity index (χ1n) is 7.72. The highest BCUT2D eigenvalue weighted by Crippen LogP contribution is 2.37. The quantitative estimate of drug-likeness (QED) is 0.784. The first-order valence-corrected chi connectivity index (χ1v) is 7.72. The van der Waals surface area contributed by atoms with Crippen molar-refractivity contribution >= 4 is 0 Å². The molecule has 2 nitrogen and oxygen atoms in total.